The van der Waals surface area contributed by atoms with Gasteiger partial charge in [0.2, 0.25) is 0 Å². The van der Waals surface area contributed by atoms with Crippen molar-refractivity contribution in [3.05, 3.63) is 23.9 Å². The molecular formula is C14H23N3. The highest BCUT2D eigenvalue weighted by Gasteiger charge is 2.16. The lowest BCUT2D eigenvalue weighted by atomic mass is 9.99. The van der Waals surface area contributed by atoms with Crippen molar-refractivity contribution in [1.82, 2.24) is 10.3 Å². The summed E-state index contributed by atoms with van der Waals surface area (Å²) in [6, 6.07) is 6.34. The molecule has 1 N–H and O–H groups in total. The standard InChI is InChI=1S/C14H23N3/c1-3-15-11-13-5-4-6-14(16-13)17-9-7-12(2)8-10-17/h4-6,12,15H,3,7-11H2,1-2H3. The molecule has 1 aliphatic heterocycles. The van der Waals surface area contributed by atoms with Gasteiger partial charge in [-0.1, -0.05) is 19.9 Å². The lowest BCUT2D eigenvalue weighted by Crippen LogP contribution is -2.33. The molecule has 0 aliphatic carbocycles. The van der Waals surface area contributed by atoms with Crippen LogP contribution in [0.25, 0.3) is 0 Å². The van der Waals surface area contributed by atoms with Gasteiger partial charge in [0, 0.05) is 19.6 Å². The van der Waals surface area contributed by atoms with Crippen LogP contribution in [0.2, 0.25) is 0 Å². The summed E-state index contributed by atoms with van der Waals surface area (Å²) in [5, 5.41) is 3.32. The average molecular weight is 233 g/mol. The van der Waals surface area contributed by atoms with E-state index in [1.807, 2.05) is 0 Å². The van der Waals surface area contributed by atoms with Crippen molar-refractivity contribution in [2.45, 2.75) is 33.2 Å². The molecule has 17 heavy (non-hydrogen) atoms. The first kappa shape index (κ1) is 12.4. The summed E-state index contributed by atoms with van der Waals surface area (Å²) in [7, 11) is 0. The van der Waals surface area contributed by atoms with Crippen LogP contribution in [0, 0.1) is 5.92 Å². The maximum Gasteiger partial charge on any atom is 0.128 e. The molecule has 3 nitrogen and oxygen atoms in total. The monoisotopic (exact) mass is 233 g/mol. The Morgan fingerprint density at radius 1 is 1.35 bits per heavy atom. The second-order valence-corrected chi connectivity index (χ2v) is 4.94. The van der Waals surface area contributed by atoms with Gasteiger partial charge in [0.1, 0.15) is 5.82 Å². The summed E-state index contributed by atoms with van der Waals surface area (Å²) in [4.78, 5) is 7.13. The molecule has 1 aliphatic rings. The van der Waals surface area contributed by atoms with Crippen LogP contribution in [0.5, 0.6) is 0 Å². The summed E-state index contributed by atoms with van der Waals surface area (Å²) in [5.74, 6) is 2.02. The number of rotatable bonds is 4. The number of aromatic nitrogens is 1. The van der Waals surface area contributed by atoms with E-state index in [9.17, 15) is 0 Å². The minimum Gasteiger partial charge on any atom is -0.357 e. The van der Waals surface area contributed by atoms with Crippen LogP contribution in [0.3, 0.4) is 0 Å². The van der Waals surface area contributed by atoms with E-state index in [0.29, 0.717) is 0 Å². The van der Waals surface area contributed by atoms with Gasteiger partial charge < -0.3 is 10.2 Å². The zero-order valence-corrected chi connectivity index (χ0v) is 10.9. The van der Waals surface area contributed by atoms with Crippen molar-refractivity contribution in [3.8, 4) is 0 Å². The van der Waals surface area contributed by atoms with Crippen molar-refractivity contribution in [2.75, 3.05) is 24.5 Å². The molecule has 0 saturated carbocycles. The van der Waals surface area contributed by atoms with E-state index >= 15 is 0 Å². The Bertz CT molecular complexity index is 343. The van der Waals surface area contributed by atoms with E-state index in [4.69, 9.17) is 4.98 Å². The van der Waals surface area contributed by atoms with Gasteiger partial charge in [-0.2, -0.15) is 0 Å². The Morgan fingerprint density at radius 2 is 2.12 bits per heavy atom. The van der Waals surface area contributed by atoms with Gasteiger partial charge in [-0.3, -0.25) is 0 Å². The molecule has 1 aromatic rings. The molecule has 3 heteroatoms. The molecule has 94 valence electrons. The van der Waals surface area contributed by atoms with Crippen molar-refractivity contribution in [1.29, 1.82) is 0 Å². The number of hydrogen-bond donors (Lipinski definition) is 1. The normalized spacial score (nSPS) is 17.4. The molecule has 0 bridgehead atoms. The summed E-state index contributed by atoms with van der Waals surface area (Å²) >= 11 is 0. The molecule has 0 unspecified atom stereocenters. The van der Waals surface area contributed by atoms with E-state index in [1.54, 1.807) is 0 Å². The van der Waals surface area contributed by atoms with Gasteiger partial charge >= 0.3 is 0 Å². The van der Waals surface area contributed by atoms with Crippen molar-refractivity contribution in [2.24, 2.45) is 5.92 Å². The third-order valence-electron chi connectivity index (χ3n) is 3.46. The Labute approximate surface area is 104 Å². The van der Waals surface area contributed by atoms with E-state index in [2.05, 4.69) is 42.3 Å². The maximum atomic E-state index is 4.72. The Kier molecular flexibility index (Phi) is 4.37. The van der Waals surface area contributed by atoms with E-state index in [0.717, 1.165) is 43.6 Å². The highest BCUT2D eigenvalue weighted by molar-refractivity contribution is 5.39. The first-order valence-corrected chi connectivity index (χ1v) is 6.71. The molecule has 0 aromatic carbocycles. The van der Waals surface area contributed by atoms with Crippen LogP contribution in [0.1, 0.15) is 32.4 Å². The van der Waals surface area contributed by atoms with Gasteiger partial charge in [-0.25, -0.2) is 4.98 Å². The lowest BCUT2D eigenvalue weighted by Gasteiger charge is -2.31. The summed E-state index contributed by atoms with van der Waals surface area (Å²) < 4.78 is 0. The summed E-state index contributed by atoms with van der Waals surface area (Å²) in [6.07, 6.45) is 2.58. The number of hydrogen-bond acceptors (Lipinski definition) is 3. The van der Waals surface area contributed by atoms with E-state index < -0.39 is 0 Å². The van der Waals surface area contributed by atoms with Gasteiger partial charge in [0.15, 0.2) is 0 Å². The Balaban J connectivity index is 2.00. The highest BCUT2D eigenvalue weighted by atomic mass is 15.2. The molecule has 1 saturated heterocycles. The molecule has 0 radical (unpaired) electrons. The summed E-state index contributed by atoms with van der Waals surface area (Å²) in [6.45, 7) is 8.63. The number of nitrogens with one attached hydrogen (secondary N) is 1. The average Bonchev–Trinajstić information content (AvgIpc) is 2.37. The minimum atomic E-state index is 0.870. The Morgan fingerprint density at radius 3 is 2.82 bits per heavy atom. The van der Waals surface area contributed by atoms with Crippen molar-refractivity contribution in [3.63, 3.8) is 0 Å². The molecule has 0 spiro atoms. The Hall–Kier alpha value is -1.09. The van der Waals surface area contributed by atoms with Gasteiger partial charge in [-0.05, 0) is 37.4 Å². The fourth-order valence-electron chi connectivity index (χ4n) is 2.23. The van der Waals surface area contributed by atoms with Crippen LogP contribution in [-0.2, 0) is 6.54 Å². The first-order chi connectivity index (χ1) is 8.29. The molecular weight excluding hydrogens is 210 g/mol. The number of anilines is 1. The molecule has 0 amide bonds. The molecule has 2 heterocycles. The zero-order valence-electron chi connectivity index (χ0n) is 10.9. The lowest BCUT2D eigenvalue weighted by molar-refractivity contribution is 0.436. The smallest absolute Gasteiger partial charge is 0.128 e. The van der Waals surface area contributed by atoms with Crippen molar-refractivity contribution < 1.29 is 0 Å². The molecule has 0 atom stereocenters. The molecule has 1 aromatic heterocycles. The minimum absolute atomic E-state index is 0.870. The zero-order chi connectivity index (χ0) is 12.1. The van der Waals surface area contributed by atoms with Gasteiger partial charge in [-0.15, -0.1) is 0 Å². The van der Waals surface area contributed by atoms with E-state index in [1.165, 1.54) is 12.8 Å². The fraction of sp³-hybridized carbons (Fsp3) is 0.643. The predicted octanol–water partition coefficient (Wildman–Crippen LogP) is 2.43. The van der Waals surface area contributed by atoms with Gasteiger partial charge in [0.05, 0.1) is 5.69 Å². The topological polar surface area (TPSA) is 28.2 Å². The number of nitrogens with zero attached hydrogens (tertiary/aromatic N) is 2. The van der Waals surface area contributed by atoms with Crippen LogP contribution < -0.4 is 10.2 Å². The van der Waals surface area contributed by atoms with Crippen LogP contribution in [0.15, 0.2) is 18.2 Å². The predicted molar refractivity (Wildman–Crippen MR) is 72.2 cm³/mol. The fourth-order valence-corrected chi connectivity index (χ4v) is 2.23. The third-order valence-corrected chi connectivity index (χ3v) is 3.46. The van der Waals surface area contributed by atoms with Crippen molar-refractivity contribution >= 4 is 5.82 Å². The van der Waals surface area contributed by atoms with Crippen LogP contribution in [0.4, 0.5) is 5.82 Å². The third kappa shape index (κ3) is 3.43. The quantitative estimate of drug-likeness (QED) is 0.865. The van der Waals surface area contributed by atoms with Crippen LogP contribution in [-0.4, -0.2) is 24.6 Å². The first-order valence-electron chi connectivity index (χ1n) is 6.71. The van der Waals surface area contributed by atoms with Gasteiger partial charge in [0.25, 0.3) is 0 Å². The largest absolute Gasteiger partial charge is 0.357 e. The second-order valence-electron chi connectivity index (χ2n) is 4.94. The number of pyridine rings is 1. The SMILES string of the molecule is CCNCc1cccc(N2CCC(C)CC2)n1. The van der Waals surface area contributed by atoms with E-state index in [-0.39, 0.29) is 0 Å². The maximum absolute atomic E-state index is 4.72. The molecule has 2 rings (SSSR count). The van der Waals surface area contributed by atoms with Crippen LogP contribution >= 0.6 is 0 Å². The second kappa shape index (κ2) is 6.01. The number of piperidine rings is 1. The summed E-state index contributed by atoms with van der Waals surface area (Å²) in [5.41, 5.74) is 1.14. The molecule has 1 fully saturated rings. The highest BCUT2D eigenvalue weighted by Crippen LogP contribution is 2.21.